The molecule has 21 heavy (non-hydrogen) atoms. The van der Waals surface area contributed by atoms with E-state index in [1.54, 1.807) is 30.1 Å². The summed E-state index contributed by atoms with van der Waals surface area (Å²) in [7, 11) is 3.57. The Morgan fingerprint density at radius 3 is 2.62 bits per heavy atom. The maximum atomic E-state index is 11.8. The van der Waals surface area contributed by atoms with Gasteiger partial charge in [-0.1, -0.05) is 0 Å². The minimum atomic E-state index is 0.0710. The third-order valence-electron chi connectivity index (χ3n) is 4.11. The van der Waals surface area contributed by atoms with E-state index in [2.05, 4.69) is 9.88 Å². The zero-order valence-electron chi connectivity index (χ0n) is 12.5. The Labute approximate surface area is 124 Å². The summed E-state index contributed by atoms with van der Waals surface area (Å²) < 4.78 is 0. The molecule has 112 valence electrons. The summed E-state index contributed by atoms with van der Waals surface area (Å²) in [6.45, 7) is 2.21. The van der Waals surface area contributed by atoms with Crippen LogP contribution in [0.5, 0.6) is 0 Å². The lowest BCUT2D eigenvalue weighted by Gasteiger charge is -2.40. The van der Waals surface area contributed by atoms with Gasteiger partial charge in [0.25, 0.3) is 0 Å². The molecule has 0 aromatic carbocycles. The second kappa shape index (κ2) is 5.35. The monoisotopic (exact) mass is 288 g/mol. The molecule has 3 heterocycles. The predicted octanol–water partition coefficient (Wildman–Crippen LogP) is 0.733. The summed E-state index contributed by atoms with van der Waals surface area (Å²) in [5, 5.41) is 0. The molecule has 2 saturated heterocycles. The van der Waals surface area contributed by atoms with E-state index in [1.807, 2.05) is 12.1 Å². The summed E-state index contributed by atoms with van der Waals surface area (Å²) >= 11 is 0. The lowest BCUT2D eigenvalue weighted by Crippen LogP contribution is -2.53. The van der Waals surface area contributed by atoms with E-state index in [1.165, 1.54) is 0 Å². The molecule has 2 fully saturated rings. The van der Waals surface area contributed by atoms with Crippen molar-refractivity contribution in [3.05, 3.63) is 18.3 Å². The lowest BCUT2D eigenvalue weighted by atomic mass is 9.99. The molecule has 0 N–H and O–H groups in total. The first kappa shape index (κ1) is 13.9. The lowest BCUT2D eigenvalue weighted by molar-refractivity contribution is -0.133. The standard InChI is InChI=1S/C15H20N4O2/c1-17(2)15(21)11-9-18(10-11)13-6-5-12(8-16-13)19-7-3-4-14(19)20/h5-6,8,11H,3-4,7,9-10H2,1-2H3. The molecule has 0 radical (unpaired) electrons. The van der Waals surface area contributed by atoms with E-state index in [-0.39, 0.29) is 17.7 Å². The van der Waals surface area contributed by atoms with Gasteiger partial charge in [0.05, 0.1) is 17.8 Å². The normalized spacial score (nSPS) is 18.9. The smallest absolute Gasteiger partial charge is 0.228 e. The molecule has 2 amide bonds. The van der Waals surface area contributed by atoms with Gasteiger partial charge >= 0.3 is 0 Å². The molecular weight excluding hydrogens is 268 g/mol. The Balaban J connectivity index is 1.61. The first-order valence-electron chi connectivity index (χ1n) is 7.29. The fourth-order valence-electron chi connectivity index (χ4n) is 2.83. The largest absolute Gasteiger partial charge is 0.355 e. The molecule has 1 aromatic rings. The van der Waals surface area contributed by atoms with Gasteiger partial charge in [-0.25, -0.2) is 4.98 Å². The van der Waals surface area contributed by atoms with Crippen molar-refractivity contribution in [2.45, 2.75) is 12.8 Å². The first-order valence-corrected chi connectivity index (χ1v) is 7.29. The third kappa shape index (κ3) is 2.57. The van der Waals surface area contributed by atoms with Crippen LogP contribution in [-0.4, -0.2) is 55.4 Å². The van der Waals surface area contributed by atoms with Crippen LogP contribution in [0.4, 0.5) is 11.5 Å². The van der Waals surface area contributed by atoms with Crippen LogP contribution < -0.4 is 9.80 Å². The fourth-order valence-corrected chi connectivity index (χ4v) is 2.83. The third-order valence-corrected chi connectivity index (χ3v) is 4.11. The molecular formula is C15H20N4O2. The second-order valence-electron chi connectivity index (χ2n) is 5.86. The minimum absolute atomic E-state index is 0.0710. The van der Waals surface area contributed by atoms with E-state index < -0.39 is 0 Å². The van der Waals surface area contributed by atoms with Crippen LogP contribution in [0.2, 0.25) is 0 Å². The number of rotatable bonds is 3. The maximum Gasteiger partial charge on any atom is 0.228 e. The van der Waals surface area contributed by atoms with E-state index in [9.17, 15) is 9.59 Å². The van der Waals surface area contributed by atoms with Crippen LogP contribution in [-0.2, 0) is 9.59 Å². The topological polar surface area (TPSA) is 56.8 Å². The predicted molar refractivity (Wildman–Crippen MR) is 80.2 cm³/mol. The summed E-state index contributed by atoms with van der Waals surface area (Å²) in [5.41, 5.74) is 0.864. The first-order chi connectivity index (χ1) is 10.1. The number of carbonyl (C=O) groups excluding carboxylic acids is 2. The Morgan fingerprint density at radius 1 is 1.33 bits per heavy atom. The van der Waals surface area contributed by atoms with E-state index in [0.717, 1.165) is 24.5 Å². The van der Waals surface area contributed by atoms with Gasteiger partial charge in [0.15, 0.2) is 0 Å². The van der Waals surface area contributed by atoms with Gasteiger partial charge in [0.1, 0.15) is 5.82 Å². The summed E-state index contributed by atoms with van der Waals surface area (Å²) in [5.74, 6) is 1.28. The highest BCUT2D eigenvalue weighted by Gasteiger charge is 2.34. The van der Waals surface area contributed by atoms with Crippen molar-refractivity contribution in [2.75, 3.05) is 43.5 Å². The van der Waals surface area contributed by atoms with Gasteiger partial charge in [0, 0.05) is 40.2 Å². The van der Waals surface area contributed by atoms with Gasteiger partial charge in [-0.15, -0.1) is 0 Å². The maximum absolute atomic E-state index is 11.8. The zero-order chi connectivity index (χ0) is 15.0. The quantitative estimate of drug-likeness (QED) is 0.823. The van der Waals surface area contributed by atoms with Gasteiger partial charge in [-0.05, 0) is 18.6 Å². The number of hydrogen-bond donors (Lipinski definition) is 0. The molecule has 2 aliphatic heterocycles. The molecule has 3 rings (SSSR count). The van der Waals surface area contributed by atoms with E-state index >= 15 is 0 Å². The second-order valence-corrected chi connectivity index (χ2v) is 5.86. The van der Waals surface area contributed by atoms with Crippen molar-refractivity contribution in [1.82, 2.24) is 9.88 Å². The number of pyridine rings is 1. The van der Waals surface area contributed by atoms with Gasteiger partial charge in [-0.3, -0.25) is 9.59 Å². The summed E-state index contributed by atoms with van der Waals surface area (Å²) in [6, 6.07) is 3.87. The van der Waals surface area contributed by atoms with Crippen molar-refractivity contribution < 1.29 is 9.59 Å². The van der Waals surface area contributed by atoms with Crippen LogP contribution in [0.3, 0.4) is 0 Å². The van der Waals surface area contributed by atoms with Gasteiger partial charge in [0.2, 0.25) is 11.8 Å². The molecule has 0 bridgehead atoms. The SMILES string of the molecule is CN(C)C(=O)C1CN(c2ccc(N3CCCC3=O)cn2)C1. The molecule has 0 spiro atoms. The highest BCUT2D eigenvalue weighted by molar-refractivity contribution is 5.95. The molecule has 6 nitrogen and oxygen atoms in total. The number of nitrogens with zero attached hydrogens (tertiary/aromatic N) is 4. The number of amides is 2. The number of carbonyl (C=O) groups is 2. The van der Waals surface area contributed by atoms with Crippen LogP contribution >= 0.6 is 0 Å². The summed E-state index contributed by atoms with van der Waals surface area (Å²) in [6.07, 6.45) is 3.29. The van der Waals surface area contributed by atoms with E-state index in [0.29, 0.717) is 19.5 Å². The minimum Gasteiger partial charge on any atom is -0.355 e. The molecule has 2 aliphatic rings. The van der Waals surface area contributed by atoms with Gasteiger partial charge in [-0.2, -0.15) is 0 Å². The van der Waals surface area contributed by atoms with Crippen LogP contribution in [0.15, 0.2) is 18.3 Å². The molecule has 0 atom stereocenters. The average Bonchev–Trinajstić information content (AvgIpc) is 2.84. The van der Waals surface area contributed by atoms with Crippen LogP contribution in [0.25, 0.3) is 0 Å². The number of anilines is 2. The van der Waals surface area contributed by atoms with Crippen LogP contribution in [0, 0.1) is 5.92 Å². The van der Waals surface area contributed by atoms with Crippen molar-refractivity contribution in [3.63, 3.8) is 0 Å². The van der Waals surface area contributed by atoms with Crippen molar-refractivity contribution >= 4 is 23.3 Å². The Morgan fingerprint density at radius 2 is 2.10 bits per heavy atom. The molecule has 0 aliphatic carbocycles. The number of hydrogen-bond acceptors (Lipinski definition) is 4. The number of aromatic nitrogens is 1. The van der Waals surface area contributed by atoms with Crippen molar-refractivity contribution in [2.24, 2.45) is 5.92 Å². The van der Waals surface area contributed by atoms with Gasteiger partial charge < -0.3 is 14.7 Å². The Kier molecular flexibility index (Phi) is 3.53. The molecule has 6 heteroatoms. The van der Waals surface area contributed by atoms with Crippen LogP contribution in [0.1, 0.15) is 12.8 Å². The molecule has 0 unspecified atom stereocenters. The van der Waals surface area contributed by atoms with Crippen molar-refractivity contribution in [1.29, 1.82) is 0 Å². The van der Waals surface area contributed by atoms with Crippen molar-refractivity contribution in [3.8, 4) is 0 Å². The average molecular weight is 288 g/mol. The molecule has 0 saturated carbocycles. The van der Waals surface area contributed by atoms with E-state index in [4.69, 9.17) is 0 Å². The highest BCUT2D eigenvalue weighted by Crippen LogP contribution is 2.26. The summed E-state index contributed by atoms with van der Waals surface area (Å²) in [4.78, 5) is 33.4. The highest BCUT2D eigenvalue weighted by atomic mass is 16.2. The fraction of sp³-hybridized carbons (Fsp3) is 0.533. The Bertz CT molecular complexity index is 549. The zero-order valence-corrected chi connectivity index (χ0v) is 12.5. The molecule has 1 aromatic heterocycles. The Hall–Kier alpha value is -2.11.